The van der Waals surface area contributed by atoms with Crippen molar-refractivity contribution in [2.75, 3.05) is 0 Å². The van der Waals surface area contributed by atoms with Crippen molar-refractivity contribution in [2.24, 2.45) is 0 Å². The van der Waals surface area contributed by atoms with Crippen LogP contribution in [-0.2, 0) is 0 Å². The van der Waals surface area contributed by atoms with E-state index in [4.69, 9.17) is 18.0 Å². The molecule has 0 saturated heterocycles. The summed E-state index contributed by atoms with van der Waals surface area (Å²) in [6.45, 7) is 0. The lowest BCUT2D eigenvalue weighted by molar-refractivity contribution is 0.683. The second kappa shape index (κ2) is 3.94. The Hall–Kier alpha value is -1.26. The third-order valence-electron chi connectivity index (χ3n) is 1.30. The molecule has 0 aliphatic heterocycles. The number of terminal acetylenes is 1. The van der Waals surface area contributed by atoms with Crippen LogP contribution in [0.15, 0.2) is 30.1 Å². The topological polar surface area (TPSA) is 0 Å². The molecule has 0 fully saturated rings. The largest absolute Gasteiger partial charge is 0.197 e. The molecule has 1 aromatic rings. The normalized spacial score (nSPS) is 10.9. The first-order chi connectivity index (χ1) is 5.72. The quantitative estimate of drug-likeness (QED) is 0.582. The van der Waals surface area contributed by atoms with Gasteiger partial charge in [-0.1, -0.05) is 23.7 Å². The Bertz CT molecular complexity index is 330. The minimum absolute atomic E-state index is 0.586. The van der Waals surface area contributed by atoms with Crippen molar-refractivity contribution >= 4 is 17.7 Å². The zero-order chi connectivity index (χ0) is 8.97. The van der Waals surface area contributed by atoms with Gasteiger partial charge in [0, 0.05) is 5.02 Å². The molecule has 1 aromatic carbocycles. The number of hydrogen-bond donors (Lipinski definition) is 0. The molecule has 2 heteroatoms. The fourth-order valence-corrected chi connectivity index (χ4v) is 0.873. The maximum atomic E-state index is 12.5. The summed E-state index contributed by atoms with van der Waals surface area (Å²) in [5, 5.41) is 0.619. The van der Waals surface area contributed by atoms with E-state index in [-0.39, 0.29) is 0 Å². The van der Waals surface area contributed by atoms with E-state index in [9.17, 15) is 4.39 Å². The molecule has 0 aromatic heterocycles. The Morgan fingerprint density at radius 2 is 2.00 bits per heavy atom. The standard InChI is InChI=1S/C10H6ClF/c1-2-10(12)7-8-3-5-9(11)6-4-8/h1,3-7H/b10-7+. The van der Waals surface area contributed by atoms with Crippen LogP contribution in [0, 0.1) is 12.3 Å². The number of hydrogen-bond acceptors (Lipinski definition) is 0. The monoisotopic (exact) mass is 180 g/mol. The molecule has 60 valence electrons. The highest BCUT2D eigenvalue weighted by Crippen LogP contribution is 2.12. The van der Waals surface area contributed by atoms with Crippen molar-refractivity contribution in [2.45, 2.75) is 0 Å². The summed E-state index contributed by atoms with van der Waals surface area (Å²) in [6, 6.07) is 6.74. The van der Waals surface area contributed by atoms with Gasteiger partial charge in [0.25, 0.3) is 0 Å². The van der Waals surface area contributed by atoms with Gasteiger partial charge in [-0.05, 0) is 29.7 Å². The predicted octanol–water partition coefficient (Wildman–Crippen LogP) is 3.28. The number of allylic oxidation sites excluding steroid dienone is 1. The summed E-state index contributed by atoms with van der Waals surface area (Å²) in [5.41, 5.74) is 0.704. The van der Waals surface area contributed by atoms with Crippen molar-refractivity contribution in [3.8, 4) is 12.3 Å². The van der Waals surface area contributed by atoms with Crippen LogP contribution in [0.3, 0.4) is 0 Å². The molecular weight excluding hydrogens is 175 g/mol. The lowest BCUT2D eigenvalue weighted by atomic mass is 10.2. The van der Waals surface area contributed by atoms with E-state index in [2.05, 4.69) is 0 Å². The van der Waals surface area contributed by atoms with E-state index >= 15 is 0 Å². The van der Waals surface area contributed by atoms with Crippen LogP contribution in [0.4, 0.5) is 4.39 Å². The van der Waals surface area contributed by atoms with Gasteiger partial charge in [0.2, 0.25) is 0 Å². The first-order valence-corrected chi connectivity index (χ1v) is 3.69. The van der Waals surface area contributed by atoms with Crippen LogP contribution in [0.25, 0.3) is 6.08 Å². The van der Waals surface area contributed by atoms with Gasteiger partial charge in [-0.25, -0.2) is 0 Å². The van der Waals surface area contributed by atoms with Crippen molar-refractivity contribution in [3.63, 3.8) is 0 Å². The van der Waals surface area contributed by atoms with Crippen LogP contribution in [-0.4, -0.2) is 0 Å². The van der Waals surface area contributed by atoms with E-state index in [0.29, 0.717) is 10.6 Å². The fourth-order valence-electron chi connectivity index (χ4n) is 0.747. The molecule has 0 spiro atoms. The zero-order valence-electron chi connectivity index (χ0n) is 6.22. The Kier molecular flexibility index (Phi) is 2.90. The molecule has 0 radical (unpaired) electrons. The fraction of sp³-hybridized carbons (Fsp3) is 0. The molecule has 0 nitrogen and oxygen atoms in total. The predicted molar refractivity (Wildman–Crippen MR) is 49.4 cm³/mol. The molecule has 12 heavy (non-hydrogen) atoms. The maximum Gasteiger partial charge on any atom is 0.173 e. The second-order valence-corrected chi connectivity index (χ2v) is 2.62. The summed E-state index contributed by atoms with van der Waals surface area (Å²) in [5.74, 6) is 1.30. The van der Waals surface area contributed by atoms with Gasteiger partial charge in [0.15, 0.2) is 5.83 Å². The average Bonchev–Trinajstić information content (AvgIpc) is 2.09. The van der Waals surface area contributed by atoms with Crippen molar-refractivity contribution in [3.05, 3.63) is 40.7 Å². The van der Waals surface area contributed by atoms with E-state index in [0.717, 1.165) is 0 Å². The summed E-state index contributed by atoms with van der Waals surface area (Å²) in [6.07, 6.45) is 6.10. The maximum absolute atomic E-state index is 12.5. The number of benzene rings is 1. The van der Waals surface area contributed by atoms with Crippen molar-refractivity contribution in [1.29, 1.82) is 0 Å². The SMILES string of the molecule is C#C/C(F)=C\c1ccc(Cl)cc1. The molecular formula is C10H6ClF. The molecule has 1 rings (SSSR count). The highest BCUT2D eigenvalue weighted by Gasteiger charge is 1.90. The molecule has 0 heterocycles. The Morgan fingerprint density at radius 3 is 2.50 bits per heavy atom. The van der Waals surface area contributed by atoms with Crippen LogP contribution in [0.1, 0.15) is 5.56 Å². The highest BCUT2D eigenvalue weighted by atomic mass is 35.5. The minimum atomic E-state index is -0.586. The van der Waals surface area contributed by atoms with Crippen LogP contribution in [0.2, 0.25) is 5.02 Å². The Balaban J connectivity index is 2.93. The molecule has 0 unspecified atom stereocenters. The highest BCUT2D eigenvalue weighted by molar-refractivity contribution is 6.30. The molecule has 0 aliphatic rings. The van der Waals surface area contributed by atoms with Gasteiger partial charge in [0.05, 0.1) is 0 Å². The van der Waals surface area contributed by atoms with Crippen molar-refractivity contribution < 1.29 is 4.39 Å². The molecule has 0 amide bonds. The van der Waals surface area contributed by atoms with E-state index in [1.165, 1.54) is 6.08 Å². The van der Waals surface area contributed by atoms with Crippen molar-refractivity contribution in [1.82, 2.24) is 0 Å². The molecule has 0 N–H and O–H groups in total. The third-order valence-corrected chi connectivity index (χ3v) is 1.55. The second-order valence-electron chi connectivity index (χ2n) is 2.19. The summed E-state index contributed by atoms with van der Waals surface area (Å²) >= 11 is 5.63. The lowest BCUT2D eigenvalue weighted by Crippen LogP contribution is -1.72. The Labute approximate surface area is 75.7 Å². The third kappa shape index (κ3) is 2.41. The zero-order valence-corrected chi connectivity index (χ0v) is 6.98. The van der Waals surface area contributed by atoms with E-state index in [1.54, 1.807) is 24.3 Å². The summed E-state index contributed by atoms with van der Waals surface area (Å²) < 4.78 is 12.5. The van der Waals surface area contributed by atoms with Crippen LogP contribution in [0.5, 0.6) is 0 Å². The van der Waals surface area contributed by atoms with Gasteiger partial charge in [-0.2, -0.15) is 4.39 Å². The van der Waals surface area contributed by atoms with Gasteiger partial charge < -0.3 is 0 Å². The van der Waals surface area contributed by atoms with Gasteiger partial charge in [-0.15, -0.1) is 6.42 Å². The van der Waals surface area contributed by atoms with Gasteiger partial charge >= 0.3 is 0 Å². The van der Waals surface area contributed by atoms with Gasteiger partial charge in [0.1, 0.15) is 0 Å². The number of halogens is 2. The van der Waals surface area contributed by atoms with Crippen LogP contribution >= 0.6 is 11.6 Å². The smallest absolute Gasteiger partial charge is 0.173 e. The molecule has 0 saturated carbocycles. The molecule has 0 aliphatic carbocycles. The van der Waals surface area contributed by atoms with Crippen LogP contribution < -0.4 is 0 Å². The summed E-state index contributed by atoms with van der Waals surface area (Å²) in [4.78, 5) is 0. The summed E-state index contributed by atoms with van der Waals surface area (Å²) in [7, 11) is 0. The molecule has 0 atom stereocenters. The first-order valence-electron chi connectivity index (χ1n) is 3.32. The number of rotatable bonds is 1. The van der Waals surface area contributed by atoms with Gasteiger partial charge in [-0.3, -0.25) is 0 Å². The van der Waals surface area contributed by atoms with E-state index < -0.39 is 5.83 Å². The Morgan fingerprint density at radius 1 is 1.42 bits per heavy atom. The van der Waals surface area contributed by atoms with E-state index in [1.807, 2.05) is 5.92 Å². The lowest BCUT2D eigenvalue weighted by Gasteiger charge is -1.92. The average molecular weight is 181 g/mol. The first kappa shape index (κ1) is 8.83. The molecule has 0 bridgehead atoms. The minimum Gasteiger partial charge on any atom is -0.197 e.